The number of benzene rings is 1. The predicted octanol–water partition coefficient (Wildman–Crippen LogP) is 2.07. The molecule has 0 aromatic heterocycles. The summed E-state index contributed by atoms with van der Waals surface area (Å²) < 4.78 is 0. The molecule has 1 aliphatic rings. The van der Waals surface area contributed by atoms with Gasteiger partial charge < -0.3 is 9.80 Å². The van der Waals surface area contributed by atoms with E-state index in [1.165, 1.54) is 0 Å². The lowest BCUT2D eigenvalue weighted by atomic mass is 10.1. The standard InChI is InChI=1S/C14H18N2O2/c1-11(17)8-9-16-10-13(15(2)14(16)18)12-6-4-3-5-7-12/h3-7,13H,8-10H2,1-2H3. The van der Waals surface area contributed by atoms with Crippen LogP contribution in [0.25, 0.3) is 0 Å². The van der Waals surface area contributed by atoms with Gasteiger partial charge in [0, 0.05) is 26.6 Å². The first-order valence-corrected chi connectivity index (χ1v) is 6.15. The Bertz CT molecular complexity index is 444. The molecule has 1 heterocycles. The maximum atomic E-state index is 12.0. The molecule has 0 radical (unpaired) electrons. The zero-order valence-corrected chi connectivity index (χ0v) is 10.8. The van der Waals surface area contributed by atoms with Gasteiger partial charge in [-0.3, -0.25) is 4.79 Å². The average molecular weight is 246 g/mol. The molecule has 1 aliphatic heterocycles. The molecule has 2 rings (SSSR count). The molecule has 18 heavy (non-hydrogen) atoms. The van der Waals surface area contributed by atoms with E-state index in [0.29, 0.717) is 19.5 Å². The Hall–Kier alpha value is -1.84. The molecule has 1 atom stereocenters. The van der Waals surface area contributed by atoms with Crippen molar-refractivity contribution in [3.63, 3.8) is 0 Å². The maximum Gasteiger partial charge on any atom is 0.320 e. The van der Waals surface area contributed by atoms with Crippen LogP contribution in [-0.2, 0) is 4.79 Å². The molecule has 1 fully saturated rings. The highest BCUT2D eigenvalue weighted by Gasteiger charge is 2.34. The van der Waals surface area contributed by atoms with Gasteiger partial charge in [-0.2, -0.15) is 0 Å². The number of ketones is 1. The molecule has 0 spiro atoms. The van der Waals surface area contributed by atoms with E-state index < -0.39 is 0 Å². The molecule has 1 aromatic carbocycles. The molecule has 0 N–H and O–H groups in total. The summed E-state index contributed by atoms with van der Waals surface area (Å²) in [5.74, 6) is 0.119. The number of amides is 2. The van der Waals surface area contributed by atoms with Crippen LogP contribution >= 0.6 is 0 Å². The fraction of sp³-hybridized carbons (Fsp3) is 0.429. The Morgan fingerprint density at radius 1 is 1.33 bits per heavy atom. The number of carbonyl (C=O) groups excluding carboxylic acids is 2. The maximum absolute atomic E-state index is 12.0. The van der Waals surface area contributed by atoms with Gasteiger partial charge >= 0.3 is 6.03 Å². The van der Waals surface area contributed by atoms with E-state index in [1.807, 2.05) is 37.4 Å². The van der Waals surface area contributed by atoms with Gasteiger partial charge in [-0.25, -0.2) is 4.79 Å². The van der Waals surface area contributed by atoms with Crippen LogP contribution in [0.3, 0.4) is 0 Å². The van der Waals surface area contributed by atoms with Crippen LogP contribution in [0, 0.1) is 0 Å². The van der Waals surface area contributed by atoms with Crippen LogP contribution in [0.15, 0.2) is 30.3 Å². The SMILES string of the molecule is CC(=O)CCN1CC(c2ccccc2)N(C)C1=O. The van der Waals surface area contributed by atoms with Crippen molar-refractivity contribution in [3.05, 3.63) is 35.9 Å². The Kier molecular flexibility index (Phi) is 3.65. The van der Waals surface area contributed by atoms with E-state index in [0.717, 1.165) is 5.56 Å². The Morgan fingerprint density at radius 3 is 2.61 bits per heavy atom. The zero-order chi connectivity index (χ0) is 13.1. The molecule has 1 aromatic rings. The van der Waals surface area contributed by atoms with Gasteiger partial charge in [0.15, 0.2) is 0 Å². The monoisotopic (exact) mass is 246 g/mol. The van der Waals surface area contributed by atoms with Gasteiger partial charge in [0.1, 0.15) is 5.78 Å². The Labute approximate surface area is 107 Å². The van der Waals surface area contributed by atoms with E-state index in [4.69, 9.17) is 0 Å². The quantitative estimate of drug-likeness (QED) is 0.816. The molecule has 4 nitrogen and oxygen atoms in total. The second-order valence-corrected chi connectivity index (χ2v) is 4.72. The van der Waals surface area contributed by atoms with Crippen LogP contribution in [-0.4, -0.2) is 41.8 Å². The van der Waals surface area contributed by atoms with Crippen LogP contribution in [0.4, 0.5) is 4.79 Å². The van der Waals surface area contributed by atoms with Gasteiger partial charge in [-0.1, -0.05) is 30.3 Å². The third kappa shape index (κ3) is 2.53. The van der Waals surface area contributed by atoms with Gasteiger partial charge in [0.05, 0.1) is 6.04 Å². The number of rotatable bonds is 4. The molecule has 1 saturated heterocycles. The van der Waals surface area contributed by atoms with Crippen molar-refractivity contribution in [1.82, 2.24) is 9.80 Å². The van der Waals surface area contributed by atoms with E-state index in [-0.39, 0.29) is 17.9 Å². The first kappa shape index (κ1) is 12.6. The van der Waals surface area contributed by atoms with Gasteiger partial charge in [0.2, 0.25) is 0 Å². The summed E-state index contributed by atoms with van der Waals surface area (Å²) in [5.41, 5.74) is 1.14. The second-order valence-electron chi connectivity index (χ2n) is 4.72. The van der Waals surface area contributed by atoms with Gasteiger partial charge in [-0.15, -0.1) is 0 Å². The van der Waals surface area contributed by atoms with Crippen LogP contribution in [0.5, 0.6) is 0 Å². The minimum absolute atomic E-state index is 0.00473. The van der Waals surface area contributed by atoms with Crippen LogP contribution in [0.2, 0.25) is 0 Å². The summed E-state index contributed by atoms with van der Waals surface area (Å²) in [6, 6.07) is 10.1. The molecule has 4 heteroatoms. The number of carbonyl (C=O) groups is 2. The molecule has 0 saturated carbocycles. The fourth-order valence-electron chi connectivity index (χ4n) is 2.25. The van der Waals surface area contributed by atoms with E-state index in [9.17, 15) is 9.59 Å². The molecule has 96 valence electrons. The first-order chi connectivity index (χ1) is 8.59. The highest BCUT2D eigenvalue weighted by molar-refractivity contribution is 5.79. The third-order valence-corrected chi connectivity index (χ3v) is 3.35. The molecular weight excluding hydrogens is 228 g/mol. The van der Waals surface area contributed by atoms with Crippen LogP contribution in [0.1, 0.15) is 24.9 Å². The predicted molar refractivity (Wildman–Crippen MR) is 69.2 cm³/mol. The number of nitrogens with zero attached hydrogens (tertiary/aromatic N) is 2. The van der Waals surface area contributed by atoms with Gasteiger partial charge in [0.25, 0.3) is 0 Å². The van der Waals surface area contributed by atoms with Gasteiger partial charge in [-0.05, 0) is 12.5 Å². The molecule has 2 amide bonds. The molecule has 0 bridgehead atoms. The Morgan fingerprint density at radius 2 is 2.00 bits per heavy atom. The van der Waals surface area contributed by atoms with Crippen molar-refractivity contribution >= 4 is 11.8 Å². The second kappa shape index (κ2) is 5.21. The largest absolute Gasteiger partial charge is 0.322 e. The molecule has 0 aliphatic carbocycles. The fourth-order valence-corrected chi connectivity index (χ4v) is 2.25. The first-order valence-electron chi connectivity index (χ1n) is 6.15. The highest BCUT2D eigenvalue weighted by Crippen LogP contribution is 2.27. The van der Waals surface area contributed by atoms with Crippen molar-refractivity contribution in [2.45, 2.75) is 19.4 Å². The number of likely N-dealkylation sites (N-methyl/N-ethyl adjacent to an activating group) is 1. The summed E-state index contributed by atoms with van der Waals surface area (Å²) in [7, 11) is 1.81. The molecule has 1 unspecified atom stereocenters. The smallest absolute Gasteiger partial charge is 0.320 e. The lowest BCUT2D eigenvalue weighted by Gasteiger charge is -2.17. The number of hydrogen-bond donors (Lipinski definition) is 0. The average Bonchev–Trinajstić information content (AvgIpc) is 2.65. The highest BCUT2D eigenvalue weighted by atomic mass is 16.2. The Balaban J connectivity index is 2.07. The molecular formula is C14H18N2O2. The summed E-state index contributed by atoms with van der Waals surface area (Å²) >= 11 is 0. The number of Topliss-reactive ketones (excluding diaryl/α,β-unsaturated/α-hetero) is 1. The number of urea groups is 1. The van der Waals surface area contributed by atoms with E-state index >= 15 is 0 Å². The van der Waals surface area contributed by atoms with Crippen LogP contribution < -0.4 is 0 Å². The van der Waals surface area contributed by atoms with Crippen molar-refractivity contribution in [1.29, 1.82) is 0 Å². The van der Waals surface area contributed by atoms with Crippen molar-refractivity contribution in [3.8, 4) is 0 Å². The topological polar surface area (TPSA) is 40.6 Å². The third-order valence-electron chi connectivity index (χ3n) is 3.35. The van der Waals surface area contributed by atoms with Crippen molar-refractivity contribution in [2.24, 2.45) is 0 Å². The van der Waals surface area contributed by atoms with Crippen molar-refractivity contribution in [2.75, 3.05) is 20.1 Å². The normalized spacial score (nSPS) is 19.4. The summed E-state index contributed by atoms with van der Waals surface area (Å²) in [6.07, 6.45) is 0.432. The minimum Gasteiger partial charge on any atom is -0.322 e. The lowest BCUT2D eigenvalue weighted by Crippen LogP contribution is -2.31. The minimum atomic E-state index is 0.00473. The van der Waals surface area contributed by atoms with E-state index in [2.05, 4.69) is 0 Å². The van der Waals surface area contributed by atoms with E-state index in [1.54, 1.807) is 16.7 Å². The lowest BCUT2D eigenvalue weighted by molar-refractivity contribution is -0.117. The summed E-state index contributed by atoms with van der Waals surface area (Å²) in [5, 5.41) is 0. The number of hydrogen-bond acceptors (Lipinski definition) is 2. The summed E-state index contributed by atoms with van der Waals surface area (Å²) in [4.78, 5) is 26.5. The summed E-state index contributed by atoms with van der Waals surface area (Å²) in [6.45, 7) is 2.73. The van der Waals surface area contributed by atoms with Crippen molar-refractivity contribution < 1.29 is 9.59 Å². The zero-order valence-electron chi connectivity index (χ0n) is 10.8.